The Hall–Kier alpha value is 0.504. The second-order valence-electron chi connectivity index (χ2n) is 0.283. The van der Waals surface area contributed by atoms with Gasteiger partial charge in [0.2, 0.25) is 0 Å². The molecule has 0 aliphatic carbocycles. The molecular formula is CH2O3Tm. The van der Waals surface area contributed by atoms with E-state index >= 15 is 0 Å². The summed E-state index contributed by atoms with van der Waals surface area (Å²) in [6.07, 6.45) is -1.83. The van der Waals surface area contributed by atoms with Crippen LogP contribution in [0, 0.1) is 36.9 Å². The van der Waals surface area contributed by atoms with E-state index in [1.807, 2.05) is 0 Å². The fraction of sp³-hybridized carbons (Fsp3) is 0. The van der Waals surface area contributed by atoms with Gasteiger partial charge >= 0.3 is 6.16 Å². The molecule has 1 radical (unpaired) electrons. The molecule has 0 aromatic heterocycles. The van der Waals surface area contributed by atoms with E-state index in [0.29, 0.717) is 0 Å². The molecule has 0 heterocycles. The Kier molecular flexibility index (Phi) is 8.19. The molecule has 0 spiro atoms. The molecule has 3 nitrogen and oxygen atoms in total. The topological polar surface area (TPSA) is 57.5 Å². The van der Waals surface area contributed by atoms with E-state index in [1.54, 1.807) is 0 Å². The summed E-state index contributed by atoms with van der Waals surface area (Å²) in [5.74, 6) is 0. The van der Waals surface area contributed by atoms with Crippen LogP contribution in [0.15, 0.2) is 0 Å². The van der Waals surface area contributed by atoms with Crippen molar-refractivity contribution in [3.8, 4) is 0 Å². The van der Waals surface area contributed by atoms with E-state index in [4.69, 9.17) is 15.0 Å². The summed E-state index contributed by atoms with van der Waals surface area (Å²) in [5, 5.41) is 13.9. The van der Waals surface area contributed by atoms with Crippen LogP contribution in [-0.4, -0.2) is 16.4 Å². The van der Waals surface area contributed by atoms with E-state index in [9.17, 15) is 0 Å². The summed E-state index contributed by atoms with van der Waals surface area (Å²) in [5.41, 5.74) is 0. The minimum Gasteiger partial charge on any atom is -0.450 e. The third-order valence-corrected chi connectivity index (χ3v) is 0. The van der Waals surface area contributed by atoms with Crippen molar-refractivity contribution < 1.29 is 51.9 Å². The minimum absolute atomic E-state index is 0. The molecule has 0 unspecified atom stereocenters. The van der Waals surface area contributed by atoms with Gasteiger partial charge in [0.1, 0.15) is 0 Å². The molecule has 5 heavy (non-hydrogen) atoms. The van der Waals surface area contributed by atoms with Crippen LogP contribution in [0.3, 0.4) is 0 Å². The molecule has 0 bridgehead atoms. The monoisotopic (exact) mass is 231 g/mol. The Morgan fingerprint density at radius 2 is 1.40 bits per heavy atom. The van der Waals surface area contributed by atoms with Crippen molar-refractivity contribution in [2.75, 3.05) is 0 Å². The Morgan fingerprint density at radius 3 is 1.40 bits per heavy atom. The van der Waals surface area contributed by atoms with Crippen molar-refractivity contribution in [1.82, 2.24) is 0 Å². The first-order chi connectivity index (χ1) is 1.73. The summed E-state index contributed by atoms with van der Waals surface area (Å²) in [6, 6.07) is 0. The normalized spacial score (nSPS) is 4.80. The summed E-state index contributed by atoms with van der Waals surface area (Å²) < 4.78 is 0. The summed E-state index contributed by atoms with van der Waals surface area (Å²) in [4.78, 5) is 8.56. The molecule has 0 aliphatic rings. The smallest absolute Gasteiger partial charge is 0.450 e. The predicted molar refractivity (Wildman–Crippen MR) is 10.7 cm³/mol. The van der Waals surface area contributed by atoms with Gasteiger partial charge in [0.25, 0.3) is 0 Å². The number of carboxylic acid groups (broad SMARTS) is 2. The van der Waals surface area contributed by atoms with Crippen molar-refractivity contribution in [3.05, 3.63) is 0 Å². The van der Waals surface area contributed by atoms with Gasteiger partial charge in [0, 0.05) is 36.9 Å². The molecule has 2 N–H and O–H groups in total. The van der Waals surface area contributed by atoms with Crippen LogP contribution in [0.2, 0.25) is 0 Å². The van der Waals surface area contributed by atoms with Crippen LogP contribution in [-0.2, 0) is 0 Å². The molecule has 0 aliphatic heterocycles. The van der Waals surface area contributed by atoms with Gasteiger partial charge in [-0.2, -0.15) is 0 Å². The van der Waals surface area contributed by atoms with Crippen molar-refractivity contribution in [2.24, 2.45) is 0 Å². The van der Waals surface area contributed by atoms with Gasteiger partial charge in [-0.3, -0.25) is 0 Å². The average Bonchev–Trinajstić information content (AvgIpc) is 0.811. The summed E-state index contributed by atoms with van der Waals surface area (Å²) in [7, 11) is 0. The van der Waals surface area contributed by atoms with Gasteiger partial charge in [0.05, 0.1) is 0 Å². The fourth-order valence-electron chi connectivity index (χ4n) is 0. The van der Waals surface area contributed by atoms with Gasteiger partial charge in [-0.25, -0.2) is 4.79 Å². The zero-order valence-electron chi connectivity index (χ0n) is 2.08. The van der Waals surface area contributed by atoms with Crippen molar-refractivity contribution in [2.45, 2.75) is 0 Å². The molecule has 0 aromatic rings. The Balaban J connectivity index is 0. The summed E-state index contributed by atoms with van der Waals surface area (Å²) >= 11 is 0. The number of hydrogen-bond acceptors (Lipinski definition) is 1. The van der Waals surface area contributed by atoms with Crippen LogP contribution in [0.4, 0.5) is 4.79 Å². The molecule has 0 rings (SSSR count). The van der Waals surface area contributed by atoms with Crippen LogP contribution in [0.1, 0.15) is 0 Å². The van der Waals surface area contributed by atoms with Crippen LogP contribution in [0.25, 0.3) is 0 Å². The molecule has 0 atom stereocenters. The van der Waals surface area contributed by atoms with Crippen molar-refractivity contribution in [3.63, 3.8) is 0 Å². The van der Waals surface area contributed by atoms with Gasteiger partial charge in [-0.15, -0.1) is 0 Å². The maximum Gasteiger partial charge on any atom is 0.503 e. The molecular weight excluding hydrogens is 229 g/mol. The van der Waals surface area contributed by atoms with Gasteiger partial charge < -0.3 is 10.2 Å². The van der Waals surface area contributed by atoms with E-state index < -0.39 is 6.16 Å². The van der Waals surface area contributed by atoms with Crippen molar-refractivity contribution >= 4 is 6.16 Å². The van der Waals surface area contributed by atoms with E-state index in [1.165, 1.54) is 0 Å². The third kappa shape index (κ3) is 111. The van der Waals surface area contributed by atoms with Crippen LogP contribution in [0.5, 0.6) is 0 Å². The second kappa shape index (κ2) is 4.50. The first kappa shape index (κ1) is 9.09. The largest absolute Gasteiger partial charge is 0.503 e. The molecule has 0 saturated heterocycles. The maximum atomic E-state index is 8.56. The predicted octanol–water partition coefficient (Wildman–Crippen LogP) is 0.222. The Morgan fingerprint density at radius 1 is 1.40 bits per heavy atom. The molecule has 0 amide bonds. The van der Waals surface area contributed by atoms with Crippen LogP contribution < -0.4 is 0 Å². The van der Waals surface area contributed by atoms with Gasteiger partial charge in [0.15, 0.2) is 0 Å². The van der Waals surface area contributed by atoms with Gasteiger partial charge in [-0.1, -0.05) is 0 Å². The average molecular weight is 231 g/mol. The SMILES string of the molecule is O=C(O)O.[Tm]. The maximum absolute atomic E-state index is 8.56. The number of rotatable bonds is 0. The van der Waals surface area contributed by atoms with E-state index in [0.717, 1.165) is 0 Å². The van der Waals surface area contributed by atoms with Crippen LogP contribution >= 0.6 is 0 Å². The number of carbonyl (C=O) groups is 1. The minimum atomic E-state index is -1.83. The fourth-order valence-corrected chi connectivity index (χ4v) is 0. The third-order valence-electron chi connectivity index (χ3n) is 0. The molecule has 0 aromatic carbocycles. The number of hydrogen-bond donors (Lipinski definition) is 2. The van der Waals surface area contributed by atoms with Crippen molar-refractivity contribution in [1.29, 1.82) is 0 Å². The first-order valence-corrected chi connectivity index (χ1v) is 0.651. The Labute approximate surface area is 57.8 Å². The zero-order chi connectivity index (χ0) is 3.58. The molecule has 4 heteroatoms. The van der Waals surface area contributed by atoms with Gasteiger partial charge in [-0.05, 0) is 0 Å². The summed E-state index contributed by atoms with van der Waals surface area (Å²) in [6.45, 7) is 0. The first-order valence-electron chi connectivity index (χ1n) is 0.651. The molecule has 0 fully saturated rings. The van der Waals surface area contributed by atoms with E-state index in [2.05, 4.69) is 0 Å². The standard InChI is InChI=1S/CH2O3.Tm/c2-1(3)4;/h(H2,2,3,4);. The Bertz CT molecular complexity index is 29.9. The van der Waals surface area contributed by atoms with E-state index in [-0.39, 0.29) is 36.9 Å². The molecule has 0 saturated carbocycles. The quantitative estimate of drug-likeness (QED) is 0.627. The zero-order valence-corrected chi connectivity index (χ0v) is 3.86. The molecule has 37 valence electrons. The second-order valence-corrected chi connectivity index (χ2v) is 0.283.